The van der Waals surface area contributed by atoms with Crippen LogP contribution >= 0.6 is 34.8 Å². The van der Waals surface area contributed by atoms with E-state index in [1.807, 2.05) is 30.3 Å². The topological polar surface area (TPSA) is 400 Å². The number of halogens is 6. The molecule has 1 aliphatic heterocycles. The van der Waals surface area contributed by atoms with Gasteiger partial charge in [0.15, 0.2) is 23.3 Å². The second-order valence-electron chi connectivity index (χ2n) is 23.7. The van der Waals surface area contributed by atoms with Gasteiger partial charge in [-0.15, -0.1) is 0 Å². The predicted molar refractivity (Wildman–Crippen MR) is 410 cm³/mol. The summed E-state index contributed by atoms with van der Waals surface area (Å²) in [5.41, 5.74) is 2.61. The number of likely N-dealkylation sites (N-methyl/N-ethyl adjacent to an activating group) is 1. The molecule has 0 atom stereocenters. The van der Waals surface area contributed by atoms with E-state index in [0.29, 0.717) is 93.0 Å². The highest BCUT2D eigenvalue weighted by Gasteiger charge is 2.34. The Morgan fingerprint density at radius 3 is 1.14 bits per heavy atom. The SMILES string of the molecule is CC(=O)Nc1ccc(Cl)c(C(=O)Nc2nc(C)nc(-c3ccccn3)n2)c1.CCC(=O)Nc1ccc(Cl)c(C(=O)Nc2nc(C)nc(-c3ccccn3)n2)c1.Cc1nc(NC(=O)c2ccc(Cl)c(C(F)(F)F)c2)nc(-c2ccccn2)n1.Cc1nc(NC(=O)c2ccc(N3CCN(C)CC3)nc2)nc(-c2ccccn2)n1. The molecule has 31 nitrogen and oxygen atoms in total. The van der Waals surface area contributed by atoms with Gasteiger partial charge in [-0.3, -0.25) is 70.0 Å². The summed E-state index contributed by atoms with van der Waals surface area (Å²) >= 11 is 17.8. The van der Waals surface area contributed by atoms with Crippen LogP contribution in [0.4, 0.5) is 54.2 Å². The summed E-state index contributed by atoms with van der Waals surface area (Å²) in [6, 6.07) is 37.1. The molecule has 0 radical (unpaired) electrons. The summed E-state index contributed by atoms with van der Waals surface area (Å²) < 4.78 is 38.9. The number of amides is 6. The number of piperazine rings is 1. The average molecular weight is 1560 g/mol. The lowest BCUT2D eigenvalue weighted by atomic mass is 10.1. The van der Waals surface area contributed by atoms with Gasteiger partial charge in [0.1, 0.15) is 51.9 Å². The fraction of sp³-hybridized carbons (Fsp3) is 0.176. The van der Waals surface area contributed by atoms with E-state index < -0.39 is 34.5 Å². The van der Waals surface area contributed by atoms with Gasteiger partial charge in [0.25, 0.3) is 23.6 Å². The smallest absolute Gasteiger partial charge is 0.354 e. The van der Waals surface area contributed by atoms with Crippen molar-refractivity contribution in [2.24, 2.45) is 0 Å². The number of aryl methyl sites for hydroxylation is 4. The number of benzene rings is 3. The number of carbonyl (C=O) groups is 6. The van der Waals surface area contributed by atoms with E-state index in [9.17, 15) is 41.9 Å². The molecule has 37 heteroatoms. The second kappa shape index (κ2) is 37.5. The molecule has 0 bridgehead atoms. The van der Waals surface area contributed by atoms with Crippen LogP contribution in [0.15, 0.2) is 171 Å². The van der Waals surface area contributed by atoms with Crippen LogP contribution in [0.3, 0.4) is 0 Å². The van der Waals surface area contributed by atoms with Gasteiger partial charge in [-0.05, 0) is 150 Å². The number of anilines is 7. The zero-order valence-electron chi connectivity index (χ0n) is 59.9. The minimum atomic E-state index is -4.68. The van der Waals surface area contributed by atoms with Crippen LogP contribution in [0.5, 0.6) is 0 Å². The number of alkyl halides is 3. The molecule has 1 aliphatic rings. The molecule has 111 heavy (non-hydrogen) atoms. The molecule has 13 rings (SSSR count). The van der Waals surface area contributed by atoms with Crippen molar-refractivity contribution in [2.45, 2.75) is 54.1 Å². The van der Waals surface area contributed by atoms with Gasteiger partial charge in [-0.1, -0.05) is 66.0 Å². The lowest BCUT2D eigenvalue weighted by Gasteiger charge is -2.33. The lowest BCUT2D eigenvalue weighted by Crippen LogP contribution is -2.44. The van der Waals surface area contributed by atoms with Gasteiger partial charge >= 0.3 is 6.18 Å². The summed E-state index contributed by atoms with van der Waals surface area (Å²) in [5, 5.41) is 15.6. The fourth-order valence-electron chi connectivity index (χ4n) is 9.91. The maximum absolute atomic E-state index is 13.0. The molecule has 1 fully saturated rings. The number of nitrogens with one attached hydrogen (secondary N) is 6. The third-order valence-electron chi connectivity index (χ3n) is 15.2. The Hall–Kier alpha value is -13.3. The van der Waals surface area contributed by atoms with Crippen molar-refractivity contribution < 1.29 is 41.9 Å². The van der Waals surface area contributed by atoms with Crippen molar-refractivity contribution >= 4 is 111 Å². The van der Waals surface area contributed by atoms with E-state index in [1.54, 1.807) is 138 Å². The fourth-order valence-corrected chi connectivity index (χ4v) is 10.5. The number of nitrogens with zero attached hydrogens (tertiary/aromatic N) is 19. The van der Waals surface area contributed by atoms with Gasteiger partial charge in [-0.2, -0.15) is 53.0 Å². The highest BCUT2D eigenvalue weighted by Crippen LogP contribution is 2.36. The van der Waals surface area contributed by atoms with Crippen LogP contribution in [-0.2, 0) is 15.8 Å². The first kappa shape index (κ1) is 80.2. The maximum atomic E-state index is 13.0. The zero-order chi connectivity index (χ0) is 79.3. The van der Waals surface area contributed by atoms with Crippen LogP contribution in [0.2, 0.25) is 15.1 Å². The molecular formula is C74H65Cl3F3N25O6. The van der Waals surface area contributed by atoms with E-state index in [1.165, 1.54) is 31.2 Å². The molecule has 0 spiro atoms. The summed E-state index contributed by atoms with van der Waals surface area (Å²) in [4.78, 5) is 149. The van der Waals surface area contributed by atoms with Crippen LogP contribution < -0.4 is 36.8 Å². The molecule has 9 aromatic heterocycles. The molecular weight excluding hydrogens is 1500 g/mol. The van der Waals surface area contributed by atoms with Gasteiger partial charge in [-0.25, -0.2) is 24.9 Å². The van der Waals surface area contributed by atoms with Gasteiger partial charge < -0.3 is 20.4 Å². The third-order valence-corrected chi connectivity index (χ3v) is 16.2. The number of aromatic nitrogens is 17. The van der Waals surface area contributed by atoms with Crippen molar-refractivity contribution in [3.63, 3.8) is 0 Å². The largest absolute Gasteiger partial charge is 0.417 e. The van der Waals surface area contributed by atoms with Crippen LogP contribution in [0, 0.1) is 27.7 Å². The van der Waals surface area contributed by atoms with Crippen molar-refractivity contribution in [3.8, 4) is 46.1 Å². The number of rotatable bonds is 16. The molecule has 6 N–H and O–H groups in total. The molecule has 10 heterocycles. The summed E-state index contributed by atoms with van der Waals surface area (Å²) in [5.74, 6) is 1.57. The lowest BCUT2D eigenvalue weighted by molar-refractivity contribution is -0.137. The first-order valence-electron chi connectivity index (χ1n) is 33.4. The summed E-state index contributed by atoms with van der Waals surface area (Å²) in [6.45, 7) is 13.7. The second-order valence-corrected chi connectivity index (χ2v) is 24.9. The van der Waals surface area contributed by atoms with Gasteiger partial charge in [0, 0.05) is 87.4 Å². The van der Waals surface area contributed by atoms with Crippen molar-refractivity contribution in [1.29, 1.82) is 0 Å². The Bertz CT molecular complexity index is 5340. The van der Waals surface area contributed by atoms with Crippen LogP contribution in [-0.4, -0.2) is 158 Å². The van der Waals surface area contributed by atoms with Crippen molar-refractivity contribution in [2.75, 3.05) is 70.0 Å². The maximum Gasteiger partial charge on any atom is 0.417 e. The van der Waals surface area contributed by atoms with Crippen molar-refractivity contribution in [1.82, 2.24) is 89.6 Å². The molecule has 3 aromatic carbocycles. The predicted octanol–water partition coefficient (Wildman–Crippen LogP) is 12.4. The minimum absolute atomic E-state index is 0.0779. The quantitative estimate of drug-likeness (QED) is 0.0523. The Morgan fingerprint density at radius 2 is 0.784 bits per heavy atom. The highest BCUT2D eigenvalue weighted by molar-refractivity contribution is 6.35. The van der Waals surface area contributed by atoms with E-state index in [-0.39, 0.29) is 74.1 Å². The van der Waals surface area contributed by atoms with E-state index in [0.717, 1.165) is 38.1 Å². The Morgan fingerprint density at radius 1 is 0.414 bits per heavy atom. The third kappa shape index (κ3) is 23.1. The molecule has 0 aliphatic carbocycles. The first-order chi connectivity index (χ1) is 53.2. The Balaban J connectivity index is 0.000000157. The molecule has 12 aromatic rings. The molecule has 564 valence electrons. The molecule has 1 saturated heterocycles. The zero-order valence-corrected chi connectivity index (χ0v) is 62.2. The minimum Gasteiger partial charge on any atom is -0.354 e. The van der Waals surface area contributed by atoms with Gasteiger partial charge in [0.05, 0.1) is 37.3 Å². The molecule has 0 saturated carbocycles. The number of carbonyl (C=O) groups excluding carboxylic acids is 6. The number of hydrogen-bond donors (Lipinski definition) is 6. The number of hydrogen-bond acceptors (Lipinski definition) is 25. The Labute approximate surface area is 646 Å². The first-order valence-corrected chi connectivity index (χ1v) is 34.6. The molecule has 6 amide bonds. The average Bonchev–Trinajstić information content (AvgIpc) is 0.825. The van der Waals surface area contributed by atoms with E-state index in [4.69, 9.17) is 34.8 Å². The van der Waals surface area contributed by atoms with Gasteiger partial charge in [0.2, 0.25) is 35.6 Å². The standard InChI is InChI=1S/C20H22N8O.C19H17ClN6O2.C18H15ClN6O2.C17H11ClF3N5O/c1-14-23-18(16-5-3-4-8-21-16)25-20(24-14)26-19(29)15-6-7-17(22-13-15)28-11-9-27(2)10-12-28;1-3-16(27)24-12-7-8-14(20)13(10-12)18(28)26-19-23-11(2)22-17(25-19)15-6-4-5-9-21-15;1-10-21-16(15-5-3-4-8-20-15)24-18(22-10)25-17(27)13-9-12(23-11(2)26)6-7-14(13)19;1-9-23-14(13-4-2-3-7-22-13)25-16(24-9)26-15(27)10-5-6-12(18)11(8-10)17(19,20)21/h3-8,13H,9-12H2,1-2H3,(H,23,24,25,26,29);4-10H,3H2,1-2H3,(H,24,27)(H,22,23,25,26,28);3-9H,1-2H3,(H,23,26)(H,21,22,24,25,27);2-8H,1H3,(H,23,24,25,26,27). The van der Waals surface area contributed by atoms with E-state index >= 15 is 0 Å². The monoisotopic (exact) mass is 1560 g/mol. The Kier molecular flexibility index (Phi) is 27.1. The summed E-state index contributed by atoms with van der Waals surface area (Å²) in [6.07, 6.45) is 3.70. The number of pyridine rings is 5. The van der Waals surface area contributed by atoms with Crippen LogP contribution in [0.25, 0.3) is 46.1 Å². The van der Waals surface area contributed by atoms with E-state index in [2.05, 4.69) is 133 Å². The molecule has 0 unspecified atom stereocenters. The highest BCUT2D eigenvalue weighted by atomic mass is 35.5. The normalized spacial score (nSPS) is 11.7. The van der Waals surface area contributed by atoms with Crippen LogP contribution in [0.1, 0.15) is 90.6 Å². The summed E-state index contributed by atoms with van der Waals surface area (Å²) in [7, 11) is 2.11. The van der Waals surface area contributed by atoms with Crippen molar-refractivity contribution in [3.05, 3.63) is 237 Å².